The van der Waals surface area contributed by atoms with E-state index in [9.17, 15) is 0 Å². The molecule has 0 atom stereocenters. The van der Waals surface area contributed by atoms with Gasteiger partial charge in [0, 0.05) is 25.8 Å². The number of fused-ring (bicyclic) bond motifs is 1. The smallest absolute Gasteiger partial charge is 0.191 e. The third-order valence-electron chi connectivity index (χ3n) is 2.49. The van der Waals surface area contributed by atoms with Crippen molar-refractivity contribution in [2.24, 2.45) is 0 Å². The second kappa shape index (κ2) is 5.61. The number of rotatable bonds is 5. The van der Waals surface area contributed by atoms with Crippen LogP contribution in [0.1, 0.15) is 0 Å². The van der Waals surface area contributed by atoms with Gasteiger partial charge < -0.3 is 14.2 Å². The first kappa shape index (κ1) is 11.8. The average molecular weight is 233 g/mol. The second-order valence-electron chi connectivity index (χ2n) is 3.57. The SMILES string of the molecule is COC(COc1ccc2ncccc2c1)OC. The Hall–Kier alpha value is -1.65. The van der Waals surface area contributed by atoms with Crippen molar-refractivity contribution in [1.82, 2.24) is 4.98 Å². The number of aromatic nitrogens is 1. The molecule has 0 N–H and O–H groups in total. The molecular formula is C13H15NO3. The molecule has 2 aromatic rings. The highest BCUT2D eigenvalue weighted by molar-refractivity contribution is 5.79. The van der Waals surface area contributed by atoms with E-state index >= 15 is 0 Å². The van der Waals surface area contributed by atoms with Crippen LogP contribution < -0.4 is 4.74 Å². The van der Waals surface area contributed by atoms with Gasteiger partial charge in [-0.25, -0.2) is 0 Å². The van der Waals surface area contributed by atoms with E-state index in [0.717, 1.165) is 16.7 Å². The van der Waals surface area contributed by atoms with Gasteiger partial charge in [0.15, 0.2) is 6.29 Å². The van der Waals surface area contributed by atoms with E-state index in [1.165, 1.54) is 0 Å². The number of nitrogens with zero attached hydrogens (tertiary/aromatic N) is 1. The summed E-state index contributed by atoms with van der Waals surface area (Å²) in [5, 5.41) is 1.05. The van der Waals surface area contributed by atoms with Crippen LogP contribution in [0, 0.1) is 0 Å². The molecule has 0 aliphatic carbocycles. The van der Waals surface area contributed by atoms with Crippen molar-refractivity contribution in [3.63, 3.8) is 0 Å². The van der Waals surface area contributed by atoms with Crippen LogP contribution in [0.4, 0.5) is 0 Å². The number of benzene rings is 1. The molecule has 90 valence electrons. The summed E-state index contributed by atoms with van der Waals surface area (Å²) in [5.74, 6) is 0.782. The number of ether oxygens (including phenoxy) is 3. The molecule has 4 nitrogen and oxygen atoms in total. The van der Waals surface area contributed by atoms with Crippen LogP contribution in [-0.4, -0.2) is 32.1 Å². The molecule has 0 spiro atoms. The molecule has 17 heavy (non-hydrogen) atoms. The summed E-state index contributed by atoms with van der Waals surface area (Å²) in [6, 6.07) is 9.67. The van der Waals surface area contributed by atoms with Gasteiger partial charge in [-0.15, -0.1) is 0 Å². The summed E-state index contributed by atoms with van der Waals surface area (Å²) >= 11 is 0. The van der Waals surface area contributed by atoms with Crippen molar-refractivity contribution in [3.05, 3.63) is 36.5 Å². The maximum Gasteiger partial charge on any atom is 0.191 e. The van der Waals surface area contributed by atoms with E-state index in [1.54, 1.807) is 20.4 Å². The molecule has 1 heterocycles. The molecule has 0 saturated heterocycles. The molecule has 0 saturated carbocycles. The molecule has 4 heteroatoms. The summed E-state index contributed by atoms with van der Waals surface area (Å²) in [4.78, 5) is 4.24. The zero-order valence-corrected chi connectivity index (χ0v) is 9.92. The number of hydrogen-bond acceptors (Lipinski definition) is 4. The molecule has 0 bridgehead atoms. The van der Waals surface area contributed by atoms with Crippen LogP contribution in [0.5, 0.6) is 5.75 Å². The molecule has 0 radical (unpaired) electrons. The number of methoxy groups -OCH3 is 2. The lowest BCUT2D eigenvalue weighted by Gasteiger charge is -2.14. The molecule has 0 amide bonds. The summed E-state index contributed by atoms with van der Waals surface area (Å²) in [7, 11) is 3.17. The Morgan fingerprint density at radius 1 is 1.18 bits per heavy atom. The van der Waals surface area contributed by atoms with E-state index < -0.39 is 0 Å². The first-order chi connectivity index (χ1) is 8.33. The maximum atomic E-state index is 5.58. The molecule has 0 aliphatic heterocycles. The Morgan fingerprint density at radius 3 is 2.76 bits per heavy atom. The van der Waals surface area contributed by atoms with Crippen molar-refractivity contribution >= 4 is 10.9 Å². The highest BCUT2D eigenvalue weighted by atomic mass is 16.7. The van der Waals surface area contributed by atoms with Crippen LogP contribution in [-0.2, 0) is 9.47 Å². The zero-order chi connectivity index (χ0) is 12.1. The minimum absolute atomic E-state index is 0.348. The van der Waals surface area contributed by atoms with Crippen molar-refractivity contribution in [3.8, 4) is 5.75 Å². The summed E-state index contributed by atoms with van der Waals surface area (Å²) < 4.78 is 15.7. The third-order valence-corrected chi connectivity index (χ3v) is 2.49. The van der Waals surface area contributed by atoms with Gasteiger partial charge >= 0.3 is 0 Å². The van der Waals surface area contributed by atoms with Crippen LogP contribution >= 0.6 is 0 Å². The summed E-state index contributed by atoms with van der Waals surface area (Å²) in [6.45, 7) is 0.360. The Labute approximate surface area is 100 Å². The largest absolute Gasteiger partial charge is 0.488 e. The average Bonchev–Trinajstić information content (AvgIpc) is 2.40. The molecular weight excluding hydrogens is 218 g/mol. The molecule has 0 aliphatic rings. The molecule has 1 aromatic heterocycles. The fourth-order valence-corrected chi connectivity index (χ4v) is 1.54. The first-order valence-corrected chi connectivity index (χ1v) is 5.36. The monoisotopic (exact) mass is 233 g/mol. The molecule has 0 unspecified atom stereocenters. The van der Waals surface area contributed by atoms with Crippen molar-refractivity contribution < 1.29 is 14.2 Å². The van der Waals surface area contributed by atoms with Crippen molar-refractivity contribution in [1.29, 1.82) is 0 Å². The van der Waals surface area contributed by atoms with Crippen LogP contribution in [0.25, 0.3) is 10.9 Å². The van der Waals surface area contributed by atoms with Gasteiger partial charge in [-0.05, 0) is 24.3 Å². The van der Waals surface area contributed by atoms with Gasteiger partial charge in [0.05, 0.1) is 5.52 Å². The van der Waals surface area contributed by atoms with E-state index in [-0.39, 0.29) is 6.29 Å². The second-order valence-corrected chi connectivity index (χ2v) is 3.57. The van der Waals surface area contributed by atoms with Crippen molar-refractivity contribution in [2.75, 3.05) is 20.8 Å². The van der Waals surface area contributed by atoms with Gasteiger partial charge in [0.1, 0.15) is 12.4 Å². The normalized spacial score (nSPS) is 11.0. The zero-order valence-electron chi connectivity index (χ0n) is 9.92. The Morgan fingerprint density at radius 2 is 2.00 bits per heavy atom. The highest BCUT2D eigenvalue weighted by Crippen LogP contribution is 2.19. The lowest BCUT2D eigenvalue weighted by molar-refractivity contribution is -0.121. The van der Waals surface area contributed by atoms with Crippen molar-refractivity contribution in [2.45, 2.75) is 6.29 Å². The maximum absolute atomic E-state index is 5.58. The highest BCUT2D eigenvalue weighted by Gasteiger charge is 2.06. The van der Waals surface area contributed by atoms with Crippen LogP contribution in [0.2, 0.25) is 0 Å². The minimum Gasteiger partial charge on any atom is -0.488 e. The standard InChI is InChI=1S/C13H15NO3/c1-15-13(16-2)9-17-11-5-6-12-10(8-11)4-3-7-14-12/h3-8,13H,9H2,1-2H3. The predicted molar refractivity (Wildman–Crippen MR) is 65.0 cm³/mol. The summed E-state index contributed by atoms with van der Waals surface area (Å²) in [5.41, 5.74) is 0.954. The van der Waals surface area contributed by atoms with E-state index in [4.69, 9.17) is 14.2 Å². The molecule has 1 aromatic carbocycles. The van der Waals surface area contributed by atoms with Gasteiger partial charge in [-0.2, -0.15) is 0 Å². The van der Waals surface area contributed by atoms with Gasteiger partial charge in [0.2, 0.25) is 0 Å². The Bertz CT molecular complexity index is 483. The van der Waals surface area contributed by atoms with Gasteiger partial charge in [-0.1, -0.05) is 6.07 Å². The first-order valence-electron chi connectivity index (χ1n) is 5.36. The van der Waals surface area contributed by atoms with Crippen LogP contribution in [0.3, 0.4) is 0 Å². The third kappa shape index (κ3) is 2.93. The van der Waals surface area contributed by atoms with Crippen LogP contribution in [0.15, 0.2) is 36.5 Å². The fourth-order valence-electron chi connectivity index (χ4n) is 1.54. The lowest BCUT2D eigenvalue weighted by Crippen LogP contribution is -2.21. The topological polar surface area (TPSA) is 40.6 Å². The van der Waals surface area contributed by atoms with E-state index in [2.05, 4.69) is 4.98 Å². The predicted octanol–water partition coefficient (Wildman–Crippen LogP) is 2.23. The van der Waals surface area contributed by atoms with Gasteiger partial charge in [0.25, 0.3) is 0 Å². The minimum atomic E-state index is -0.348. The number of pyridine rings is 1. The molecule has 0 fully saturated rings. The quantitative estimate of drug-likeness (QED) is 0.742. The fraction of sp³-hybridized carbons (Fsp3) is 0.308. The van der Waals surface area contributed by atoms with Gasteiger partial charge in [-0.3, -0.25) is 4.98 Å². The Balaban J connectivity index is 2.09. The van der Waals surface area contributed by atoms with E-state index in [0.29, 0.717) is 6.61 Å². The number of hydrogen-bond donors (Lipinski definition) is 0. The summed E-state index contributed by atoms with van der Waals surface area (Å²) in [6.07, 6.45) is 1.42. The Kier molecular flexibility index (Phi) is 3.90. The van der Waals surface area contributed by atoms with E-state index in [1.807, 2.05) is 30.3 Å². The molecule has 2 rings (SSSR count). The lowest BCUT2D eigenvalue weighted by atomic mass is 10.2.